The standard InChI is InChI=1S/C13H17NO/c1-3-13(15)14-10-9-11(2)12-7-5-4-6-8-12/h4-9H,3,10H2,1-2H3,(H,14,15)/b11-9-. The number of hydrogen-bond acceptors (Lipinski definition) is 1. The van der Waals surface area contributed by atoms with Gasteiger partial charge in [-0.25, -0.2) is 0 Å². The Labute approximate surface area is 91.0 Å². The first kappa shape index (κ1) is 11.5. The molecule has 0 aliphatic carbocycles. The summed E-state index contributed by atoms with van der Waals surface area (Å²) >= 11 is 0. The molecule has 0 radical (unpaired) electrons. The minimum atomic E-state index is 0.0899. The van der Waals surface area contributed by atoms with Crippen LogP contribution in [0.25, 0.3) is 5.57 Å². The molecule has 0 spiro atoms. The number of rotatable bonds is 4. The van der Waals surface area contributed by atoms with Crippen LogP contribution in [0.2, 0.25) is 0 Å². The van der Waals surface area contributed by atoms with E-state index < -0.39 is 0 Å². The first-order chi connectivity index (χ1) is 7.24. The molecule has 2 nitrogen and oxygen atoms in total. The summed E-state index contributed by atoms with van der Waals surface area (Å²) in [6.45, 7) is 4.50. The highest BCUT2D eigenvalue weighted by Gasteiger charge is 1.95. The molecule has 0 bridgehead atoms. The van der Waals surface area contributed by atoms with Gasteiger partial charge >= 0.3 is 0 Å². The lowest BCUT2D eigenvalue weighted by Crippen LogP contribution is -2.21. The number of allylic oxidation sites excluding steroid dienone is 1. The van der Waals surface area contributed by atoms with Crippen molar-refractivity contribution in [3.63, 3.8) is 0 Å². The van der Waals surface area contributed by atoms with Crippen molar-refractivity contribution in [3.8, 4) is 0 Å². The predicted molar refractivity (Wildman–Crippen MR) is 63.4 cm³/mol. The van der Waals surface area contributed by atoms with E-state index in [1.165, 1.54) is 11.1 Å². The smallest absolute Gasteiger partial charge is 0.219 e. The molecule has 0 aromatic heterocycles. The quantitative estimate of drug-likeness (QED) is 0.800. The Kier molecular flexibility index (Phi) is 4.61. The second kappa shape index (κ2) is 6.02. The zero-order valence-electron chi connectivity index (χ0n) is 9.29. The number of nitrogens with one attached hydrogen (secondary N) is 1. The van der Waals surface area contributed by atoms with Crippen LogP contribution in [-0.4, -0.2) is 12.5 Å². The summed E-state index contributed by atoms with van der Waals surface area (Å²) in [6, 6.07) is 10.1. The lowest BCUT2D eigenvalue weighted by atomic mass is 10.1. The summed E-state index contributed by atoms with van der Waals surface area (Å²) in [5, 5.41) is 2.82. The van der Waals surface area contributed by atoms with Gasteiger partial charge in [0.2, 0.25) is 5.91 Å². The number of carbonyl (C=O) groups is 1. The average Bonchev–Trinajstić information content (AvgIpc) is 2.29. The van der Waals surface area contributed by atoms with Gasteiger partial charge in [0.1, 0.15) is 0 Å². The Morgan fingerprint density at radius 1 is 1.33 bits per heavy atom. The van der Waals surface area contributed by atoms with Gasteiger partial charge in [0.25, 0.3) is 0 Å². The molecule has 1 aromatic rings. The maximum atomic E-state index is 11.0. The molecular formula is C13H17NO. The first-order valence-electron chi connectivity index (χ1n) is 5.23. The van der Waals surface area contributed by atoms with Crippen LogP contribution in [0.15, 0.2) is 36.4 Å². The van der Waals surface area contributed by atoms with Crippen LogP contribution in [0.4, 0.5) is 0 Å². The third-order valence-corrected chi connectivity index (χ3v) is 2.26. The fourth-order valence-corrected chi connectivity index (χ4v) is 1.26. The van der Waals surface area contributed by atoms with Crippen LogP contribution in [-0.2, 0) is 4.79 Å². The number of amides is 1. The van der Waals surface area contributed by atoms with Gasteiger partial charge in [-0.2, -0.15) is 0 Å². The van der Waals surface area contributed by atoms with Crippen LogP contribution in [0.5, 0.6) is 0 Å². The van der Waals surface area contributed by atoms with Crippen molar-refractivity contribution in [3.05, 3.63) is 42.0 Å². The summed E-state index contributed by atoms with van der Waals surface area (Å²) in [7, 11) is 0. The number of hydrogen-bond donors (Lipinski definition) is 1. The van der Waals surface area contributed by atoms with E-state index in [9.17, 15) is 4.79 Å². The van der Waals surface area contributed by atoms with Crippen molar-refractivity contribution in [1.29, 1.82) is 0 Å². The normalized spacial score (nSPS) is 11.2. The fourth-order valence-electron chi connectivity index (χ4n) is 1.26. The van der Waals surface area contributed by atoms with Gasteiger partial charge in [-0.05, 0) is 18.1 Å². The van der Waals surface area contributed by atoms with Gasteiger partial charge in [0, 0.05) is 13.0 Å². The zero-order chi connectivity index (χ0) is 11.1. The van der Waals surface area contributed by atoms with Crippen LogP contribution in [0.1, 0.15) is 25.8 Å². The maximum absolute atomic E-state index is 11.0. The van der Waals surface area contributed by atoms with Crippen molar-refractivity contribution in [1.82, 2.24) is 5.32 Å². The highest BCUT2D eigenvalue weighted by molar-refractivity contribution is 5.76. The molecule has 0 saturated heterocycles. The third-order valence-electron chi connectivity index (χ3n) is 2.26. The van der Waals surface area contributed by atoms with Gasteiger partial charge in [-0.3, -0.25) is 4.79 Å². The summed E-state index contributed by atoms with van der Waals surface area (Å²) in [4.78, 5) is 11.0. The Bertz CT molecular complexity index is 341. The van der Waals surface area contributed by atoms with Crippen LogP contribution in [0.3, 0.4) is 0 Å². The second-order valence-corrected chi connectivity index (χ2v) is 3.41. The van der Waals surface area contributed by atoms with E-state index >= 15 is 0 Å². The molecule has 1 amide bonds. The second-order valence-electron chi connectivity index (χ2n) is 3.41. The Morgan fingerprint density at radius 3 is 2.60 bits per heavy atom. The molecule has 0 unspecified atom stereocenters. The van der Waals surface area contributed by atoms with E-state index in [1.807, 2.05) is 38.1 Å². The van der Waals surface area contributed by atoms with E-state index in [0.717, 1.165) is 0 Å². The molecule has 1 N–H and O–H groups in total. The van der Waals surface area contributed by atoms with E-state index in [4.69, 9.17) is 0 Å². The molecule has 1 rings (SSSR count). The zero-order valence-corrected chi connectivity index (χ0v) is 9.29. The molecule has 0 saturated carbocycles. The average molecular weight is 203 g/mol. The molecule has 0 atom stereocenters. The van der Waals surface area contributed by atoms with Crippen molar-refractivity contribution < 1.29 is 4.79 Å². The van der Waals surface area contributed by atoms with E-state index in [0.29, 0.717) is 13.0 Å². The summed E-state index contributed by atoms with van der Waals surface area (Å²) < 4.78 is 0. The van der Waals surface area contributed by atoms with E-state index in [2.05, 4.69) is 17.4 Å². The minimum absolute atomic E-state index is 0.0899. The van der Waals surface area contributed by atoms with Crippen molar-refractivity contribution >= 4 is 11.5 Å². The molecule has 1 aromatic carbocycles. The first-order valence-corrected chi connectivity index (χ1v) is 5.23. The molecule has 0 aliphatic rings. The van der Waals surface area contributed by atoms with Crippen molar-refractivity contribution in [2.45, 2.75) is 20.3 Å². The van der Waals surface area contributed by atoms with Crippen LogP contribution < -0.4 is 5.32 Å². The van der Waals surface area contributed by atoms with Crippen LogP contribution in [0, 0.1) is 0 Å². The molecular weight excluding hydrogens is 186 g/mol. The lowest BCUT2D eigenvalue weighted by molar-refractivity contribution is -0.120. The Morgan fingerprint density at radius 2 is 2.00 bits per heavy atom. The lowest BCUT2D eigenvalue weighted by Gasteiger charge is -2.02. The van der Waals surface area contributed by atoms with E-state index in [1.54, 1.807) is 0 Å². The van der Waals surface area contributed by atoms with Crippen molar-refractivity contribution in [2.75, 3.05) is 6.54 Å². The van der Waals surface area contributed by atoms with Gasteiger partial charge in [0.05, 0.1) is 0 Å². The molecule has 15 heavy (non-hydrogen) atoms. The maximum Gasteiger partial charge on any atom is 0.219 e. The van der Waals surface area contributed by atoms with E-state index in [-0.39, 0.29) is 5.91 Å². The topological polar surface area (TPSA) is 29.1 Å². The molecule has 0 aliphatic heterocycles. The summed E-state index contributed by atoms with van der Waals surface area (Å²) in [5.74, 6) is 0.0899. The Balaban J connectivity index is 2.50. The van der Waals surface area contributed by atoms with Gasteiger partial charge in [-0.15, -0.1) is 0 Å². The highest BCUT2D eigenvalue weighted by Crippen LogP contribution is 2.11. The minimum Gasteiger partial charge on any atom is -0.353 e. The molecule has 2 heteroatoms. The highest BCUT2D eigenvalue weighted by atomic mass is 16.1. The van der Waals surface area contributed by atoms with Crippen LogP contribution >= 0.6 is 0 Å². The van der Waals surface area contributed by atoms with Gasteiger partial charge in [-0.1, -0.05) is 43.3 Å². The number of benzene rings is 1. The third kappa shape index (κ3) is 3.98. The van der Waals surface area contributed by atoms with Gasteiger partial charge < -0.3 is 5.32 Å². The Hall–Kier alpha value is -1.57. The fraction of sp³-hybridized carbons (Fsp3) is 0.308. The SMILES string of the molecule is CCC(=O)NC/C=C(/C)c1ccccc1. The van der Waals surface area contributed by atoms with Gasteiger partial charge in [0.15, 0.2) is 0 Å². The molecule has 0 heterocycles. The largest absolute Gasteiger partial charge is 0.353 e. The van der Waals surface area contributed by atoms with Crippen molar-refractivity contribution in [2.24, 2.45) is 0 Å². The monoisotopic (exact) mass is 203 g/mol. The summed E-state index contributed by atoms with van der Waals surface area (Å²) in [5.41, 5.74) is 2.38. The predicted octanol–water partition coefficient (Wildman–Crippen LogP) is 2.62. The number of carbonyl (C=O) groups excluding carboxylic acids is 1. The summed E-state index contributed by atoms with van der Waals surface area (Å²) in [6.07, 6.45) is 2.57. The molecule has 0 fully saturated rings. The molecule has 80 valence electrons.